The Bertz CT molecular complexity index is 1380. The summed E-state index contributed by atoms with van der Waals surface area (Å²) < 4.78 is 54.5. The van der Waals surface area contributed by atoms with E-state index in [-0.39, 0.29) is 53.5 Å². The maximum Gasteiger partial charge on any atom is 0.416 e. The summed E-state index contributed by atoms with van der Waals surface area (Å²) in [6.45, 7) is 4.88. The van der Waals surface area contributed by atoms with Crippen LogP contribution in [0.5, 0.6) is 5.75 Å². The van der Waals surface area contributed by atoms with Gasteiger partial charge in [-0.15, -0.1) is 10.2 Å². The quantitative estimate of drug-likeness (QED) is 0.418. The number of nitriles is 1. The van der Waals surface area contributed by atoms with Crippen molar-refractivity contribution in [2.75, 3.05) is 18.6 Å². The van der Waals surface area contributed by atoms with Gasteiger partial charge >= 0.3 is 6.09 Å². The highest BCUT2D eigenvalue weighted by atomic mass is 19.1. The summed E-state index contributed by atoms with van der Waals surface area (Å²) in [5, 5.41) is 17.5. The number of ether oxygens (including phenoxy) is 2. The lowest BCUT2D eigenvalue weighted by atomic mass is 9.64. The smallest absolute Gasteiger partial charge is 0.416 e. The fraction of sp³-hybridized carbons (Fsp3) is 0.370. The number of halogens is 3. The van der Waals surface area contributed by atoms with E-state index in [0.717, 1.165) is 11.0 Å². The molecule has 3 aromatic rings. The van der Waals surface area contributed by atoms with Crippen LogP contribution in [0, 0.1) is 23.0 Å². The first-order valence-corrected chi connectivity index (χ1v) is 11.8. The van der Waals surface area contributed by atoms with E-state index in [4.69, 9.17) is 9.47 Å². The van der Waals surface area contributed by atoms with Gasteiger partial charge in [0.1, 0.15) is 35.2 Å². The molecule has 2 heterocycles. The molecule has 1 aliphatic rings. The largest absolute Gasteiger partial charge is 0.495 e. The Morgan fingerprint density at radius 2 is 1.89 bits per heavy atom. The Morgan fingerprint density at radius 1 is 1.16 bits per heavy atom. The van der Waals surface area contributed by atoms with Crippen molar-refractivity contribution in [3.05, 3.63) is 65.5 Å². The Labute approximate surface area is 218 Å². The minimum atomic E-state index is -1.19. The highest BCUT2D eigenvalue weighted by Gasteiger charge is 2.51. The van der Waals surface area contributed by atoms with Gasteiger partial charge in [-0.05, 0) is 70.0 Å². The first-order chi connectivity index (χ1) is 18.0. The summed E-state index contributed by atoms with van der Waals surface area (Å²) in [7, 11) is 1.30. The molecule has 0 saturated heterocycles. The minimum absolute atomic E-state index is 0.00779. The average molecular weight is 526 g/mol. The standard InChI is InChI=1S/C27H26F3N5O3/c1-26(2,3)38-25(36)35(15-27(12-17(28)13-27)24-19(30)6-5-11-32-24)21-10-9-20(33-34-21)22-18(29)8-7-16(14-31)23(22)37-4/h5-11,17H,12-13,15H2,1-4H3. The summed E-state index contributed by atoms with van der Waals surface area (Å²) in [6, 6.07) is 9.84. The van der Waals surface area contributed by atoms with E-state index >= 15 is 0 Å². The van der Waals surface area contributed by atoms with Crippen LogP contribution in [0.15, 0.2) is 42.6 Å². The summed E-state index contributed by atoms with van der Waals surface area (Å²) in [4.78, 5) is 18.6. The number of methoxy groups -OCH3 is 1. The molecule has 2 aromatic heterocycles. The molecule has 1 aliphatic carbocycles. The lowest BCUT2D eigenvalue weighted by Crippen LogP contribution is -2.54. The number of alkyl halides is 1. The summed E-state index contributed by atoms with van der Waals surface area (Å²) in [5.41, 5.74) is -1.84. The first kappa shape index (κ1) is 26.9. The Hall–Kier alpha value is -4.20. The molecule has 11 heteroatoms. The number of benzene rings is 1. The normalized spacial score (nSPS) is 18.7. The summed E-state index contributed by atoms with van der Waals surface area (Å²) in [6.07, 6.45) is -0.666. The van der Waals surface area contributed by atoms with E-state index < -0.39 is 34.9 Å². The second kappa shape index (κ2) is 10.3. The van der Waals surface area contributed by atoms with Crippen molar-refractivity contribution < 1.29 is 27.4 Å². The third kappa shape index (κ3) is 5.25. The molecule has 1 fully saturated rings. The van der Waals surface area contributed by atoms with Crippen molar-refractivity contribution in [2.24, 2.45) is 0 Å². The molecule has 198 valence electrons. The van der Waals surface area contributed by atoms with Gasteiger partial charge in [0.05, 0.1) is 29.6 Å². The van der Waals surface area contributed by atoms with E-state index in [0.29, 0.717) is 0 Å². The number of carbonyl (C=O) groups is 1. The van der Waals surface area contributed by atoms with Gasteiger partial charge in [0.2, 0.25) is 0 Å². The molecule has 38 heavy (non-hydrogen) atoms. The molecule has 4 rings (SSSR count). The van der Waals surface area contributed by atoms with Crippen LogP contribution in [-0.2, 0) is 10.2 Å². The number of amides is 1. The van der Waals surface area contributed by atoms with Crippen molar-refractivity contribution in [2.45, 2.75) is 50.8 Å². The second-order valence-corrected chi connectivity index (χ2v) is 10.1. The van der Waals surface area contributed by atoms with Crippen molar-refractivity contribution in [3.63, 3.8) is 0 Å². The van der Waals surface area contributed by atoms with Crippen LogP contribution in [0.2, 0.25) is 0 Å². The van der Waals surface area contributed by atoms with Gasteiger partial charge in [-0.3, -0.25) is 9.88 Å². The molecular formula is C27H26F3N5O3. The van der Waals surface area contributed by atoms with Gasteiger partial charge in [0.15, 0.2) is 5.82 Å². The van der Waals surface area contributed by atoms with Gasteiger partial charge < -0.3 is 9.47 Å². The van der Waals surface area contributed by atoms with Crippen LogP contribution in [0.3, 0.4) is 0 Å². The van der Waals surface area contributed by atoms with Crippen LogP contribution in [0.4, 0.5) is 23.8 Å². The molecule has 0 aliphatic heterocycles. The van der Waals surface area contributed by atoms with E-state index in [1.807, 2.05) is 6.07 Å². The van der Waals surface area contributed by atoms with E-state index in [1.54, 1.807) is 20.8 Å². The van der Waals surface area contributed by atoms with E-state index in [2.05, 4.69) is 15.2 Å². The maximum atomic E-state index is 14.8. The van der Waals surface area contributed by atoms with Gasteiger partial charge in [-0.2, -0.15) is 5.26 Å². The zero-order valence-corrected chi connectivity index (χ0v) is 21.3. The lowest BCUT2D eigenvalue weighted by molar-refractivity contribution is 0.0507. The fourth-order valence-corrected chi connectivity index (χ4v) is 4.52. The number of carbonyl (C=O) groups excluding carboxylic acids is 1. The number of hydrogen-bond donors (Lipinski definition) is 0. The Kier molecular flexibility index (Phi) is 7.26. The molecule has 0 bridgehead atoms. The highest BCUT2D eigenvalue weighted by Crippen LogP contribution is 2.47. The third-order valence-corrected chi connectivity index (χ3v) is 6.17. The molecule has 1 aromatic carbocycles. The van der Waals surface area contributed by atoms with Crippen molar-refractivity contribution in [3.8, 4) is 23.1 Å². The number of nitrogens with zero attached hydrogens (tertiary/aromatic N) is 5. The molecule has 8 nitrogen and oxygen atoms in total. The van der Waals surface area contributed by atoms with Gasteiger partial charge in [-0.1, -0.05) is 0 Å². The lowest BCUT2D eigenvalue weighted by Gasteiger charge is -2.46. The molecule has 0 radical (unpaired) electrons. The predicted octanol–water partition coefficient (Wildman–Crippen LogP) is 5.51. The van der Waals surface area contributed by atoms with E-state index in [1.165, 1.54) is 43.6 Å². The van der Waals surface area contributed by atoms with Crippen molar-refractivity contribution in [1.82, 2.24) is 15.2 Å². The number of pyridine rings is 1. The molecule has 1 amide bonds. The Morgan fingerprint density at radius 3 is 2.45 bits per heavy atom. The van der Waals surface area contributed by atoms with Gasteiger partial charge in [-0.25, -0.2) is 18.0 Å². The topological polar surface area (TPSA) is 101 Å². The number of anilines is 1. The molecule has 0 atom stereocenters. The number of aromatic nitrogens is 3. The minimum Gasteiger partial charge on any atom is -0.495 e. The number of hydrogen-bond acceptors (Lipinski definition) is 7. The van der Waals surface area contributed by atoms with Crippen LogP contribution in [-0.4, -0.2) is 46.7 Å². The van der Waals surface area contributed by atoms with Crippen LogP contribution >= 0.6 is 0 Å². The number of rotatable bonds is 6. The van der Waals surface area contributed by atoms with E-state index in [9.17, 15) is 23.2 Å². The summed E-state index contributed by atoms with van der Waals surface area (Å²) >= 11 is 0. The molecule has 0 N–H and O–H groups in total. The predicted molar refractivity (Wildman–Crippen MR) is 132 cm³/mol. The van der Waals surface area contributed by atoms with Gasteiger partial charge in [0, 0.05) is 18.2 Å². The monoisotopic (exact) mass is 525 g/mol. The average Bonchev–Trinajstić information content (AvgIpc) is 2.85. The zero-order chi connectivity index (χ0) is 27.7. The SMILES string of the molecule is COc1c(C#N)ccc(F)c1-c1ccc(N(CC2(c3ncccc3F)CC(F)C2)C(=O)OC(C)(C)C)nn1. The van der Waals surface area contributed by atoms with Crippen LogP contribution in [0.25, 0.3) is 11.3 Å². The van der Waals surface area contributed by atoms with Gasteiger partial charge in [0.25, 0.3) is 0 Å². The molecule has 1 saturated carbocycles. The fourth-order valence-electron chi connectivity index (χ4n) is 4.52. The molecule has 0 spiro atoms. The summed E-state index contributed by atoms with van der Waals surface area (Å²) in [5.74, 6) is -1.27. The van der Waals surface area contributed by atoms with Crippen LogP contribution in [0.1, 0.15) is 44.9 Å². The molecule has 0 unspecified atom stereocenters. The second-order valence-electron chi connectivity index (χ2n) is 10.1. The highest BCUT2D eigenvalue weighted by molar-refractivity contribution is 5.87. The molecular weight excluding hydrogens is 499 g/mol. The van der Waals surface area contributed by atoms with Crippen molar-refractivity contribution >= 4 is 11.9 Å². The zero-order valence-electron chi connectivity index (χ0n) is 21.3. The van der Waals surface area contributed by atoms with Crippen LogP contribution < -0.4 is 9.64 Å². The Balaban J connectivity index is 1.75. The third-order valence-electron chi connectivity index (χ3n) is 6.17. The van der Waals surface area contributed by atoms with Crippen molar-refractivity contribution in [1.29, 1.82) is 5.26 Å². The first-order valence-electron chi connectivity index (χ1n) is 11.8. The maximum absolute atomic E-state index is 14.8.